The average molecular weight is 171 g/mol. The lowest BCUT2D eigenvalue weighted by molar-refractivity contribution is 1.46. The molecule has 0 fully saturated rings. The van der Waals surface area contributed by atoms with Crippen LogP contribution in [-0.2, 0) is 0 Å². The predicted octanol–water partition coefficient (Wildman–Crippen LogP) is 2.23. The van der Waals surface area contributed by atoms with Gasteiger partial charge in [-0.05, 0) is 18.2 Å². The van der Waals surface area contributed by atoms with Crippen molar-refractivity contribution in [1.82, 2.24) is 9.97 Å². The molecule has 0 unspecified atom stereocenters. The monoisotopic (exact) mass is 171 g/mol. The minimum absolute atomic E-state index is 0.804. The lowest BCUT2D eigenvalue weighted by Gasteiger charge is -1.92. The zero-order valence-corrected chi connectivity index (χ0v) is 6.96. The van der Waals surface area contributed by atoms with E-state index in [0.29, 0.717) is 0 Å². The Balaban J connectivity index is 2.59. The van der Waals surface area contributed by atoms with Crippen LogP contribution in [0.3, 0.4) is 0 Å². The maximum absolute atomic E-state index is 5.79. The molecule has 0 radical (unpaired) electrons. The van der Waals surface area contributed by atoms with Crippen molar-refractivity contribution in [3.05, 3.63) is 30.6 Å². The van der Waals surface area contributed by atoms with Gasteiger partial charge in [-0.15, -0.1) is 0 Å². The number of nitrogens with two attached hydrogens (primary N) is 1. The number of aromatic nitrogens is 2. The first-order valence-corrected chi connectivity index (χ1v) is 4.18. The van der Waals surface area contributed by atoms with Crippen molar-refractivity contribution in [2.75, 3.05) is 5.73 Å². The van der Waals surface area contributed by atoms with Crippen molar-refractivity contribution in [3.63, 3.8) is 0 Å². The van der Waals surface area contributed by atoms with Crippen molar-refractivity contribution < 1.29 is 0 Å². The van der Waals surface area contributed by atoms with Crippen LogP contribution < -0.4 is 5.73 Å². The summed E-state index contributed by atoms with van der Waals surface area (Å²) in [4.78, 5) is 6.28. The summed E-state index contributed by atoms with van der Waals surface area (Å²) in [6.07, 6.45) is 3.75. The smallest absolute Gasteiger partial charge is 0.0572 e. The standard InChI is InChI=1S/C10H9N3/c11-8-5-13-10-4-9-6(1-2-12-9)3-7(8)10/h1-5,12-13H,11H2. The third kappa shape index (κ3) is 0.783. The minimum Gasteiger partial charge on any atom is -0.397 e. The van der Waals surface area contributed by atoms with Crippen LogP contribution in [0.1, 0.15) is 0 Å². The number of nitrogens with one attached hydrogen (secondary N) is 2. The highest BCUT2D eigenvalue weighted by atomic mass is 14.7. The summed E-state index contributed by atoms with van der Waals surface area (Å²) in [6.45, 7) is 0. The number of benzene rings is 1. The average Bonchev–Trinajstić information content (AvgIpc) is 2.70. The quantitative estimate of drug-likeness (QED) is 0.477. The van der Waals surface area contributed by atoms with Crippen LogP contribution in [0.2, 0.25) is 0 Å². The zero-order valence-electron chi connectivity index (χ0n) is 6.96. The lowest BCUT2D eigenvalue weighted by atomic mass is 10.2. The molecule has 3 nitrogen and oxygen atoms in total. The van der Waals surface area contributed by atoms with Crippen molar-refractivity contribution in [3.8, 4) is 0 Å². The first-order valence-electron chi connectivity index (χ1n) is 4.18. The molecular formula is C10H9N3. The van der Waals surface area contributed by atoms with Gasteiger partial charge >= 0.3 is 0 Å². The molecule has 13 heavy (non-hydrogen) atoms. The molecule has 2 heterocycles. The first kappa shape index (κ1) is 6.60. The molecule has 0 saturated heterocycles. The summed E-state index contributed by atoms with van der Waals surface area (Å²) in [5, 5.41) is 2.28. The van der Waals surface area contributed by atoms with E-state index >= 15 is 0 Å². The molecule has 1 aromatic carbocycles. The molecule has 0 spiro atoms. The number of aromatic amines is 2. The highest BCUT2D eigenvalue weighted by molar-refractivity contribution is 6.00. The summed E-state index contributed by atoms with van der Waals surface area (Å²) in [7, 11) is 0. The highest BCUT2D eigenvalue weighted by Crippen LogP contribution is 2.25. The predicted molar refractivity (Wildman–Crippen MR) is 54.6 cm³/mol. The molecular weight excluding hydrogens is 162 g/mol. The maximum atomic E-state index is 5.79. The second kappa shape index (κ2) is 2.07. The normalized spacial score (nSPS) is 11.4. The molecule has 0 aliphatic heterocycles. The van der Waals surface area contributed by atoms with Gasteiger partial charge in [-0.3, -0.25) is 0 Å². The van der Waals surface area contributed by atoms with Gasteiger partial charge in [0.05, 0.1) is 5.69 Å². The Morgan fingerprint density at radius 1 is 1.08 bits per heavy atom. The molecule has 0 amide bonds. The van der Waals surface area contributed by atoms with Gasteiger partial charge < -0.3 is 15.7 Å². The molecule has 3 aromatic rings. The molecule has 64 valence electrons. The van der Waals surface area contributed by atoms with Crippen LogP contribution in [-0.4, -0.2) is 9.97 Å². The number of anilines is 1. The zero-order chi connectivity index (χ0) is 8.84. The van der Waals surface area contributed by atoms with Crippen LogP contribution in [0.4, 0.5) is 5.69 Å². The van der Waals surface area contributed by atoms with E-state index < -0.39 is 0 Å². The summed E-state index contributed by atoms with van der Waals surface area (Å²) in [5.41, 5.74) is 8.81. The summed E-state index contributed by atoms with van der Waals surface area (Å²) >= 11 is 0. The van der Waals surface area contributed by atoms with Crippen LogP contribution in [0, 0.1) is 0 Å². The highest BCUT2D eigenvalue weighted by Gasteiger charge is 2.02. The van der Waals surface area contributed by atoms with Gasteiger partial charge in [-0.25, -0.2) is 0 Å². The van der Waals surface area contributed by atoms with Crippen LogP contribution in [0.25, 0.3) is 21.8 Å². The van der Waals surface area contributed by atoms with E-state index in [-0.39, 0.29) is 0 Å². The Bertz CT molecular complexity index is 574. The third-order valence-electron chi connectivity index (χ3n) is 2.39. The fraction of sp³-hybridized carbons (Fsp3) is 0. The number of hydrogen-bond donors (Lipinski definition) is 3. The fourth-order valence-corrected chi connectivity index (χ4v) is 1.69. The molecule has 0 saturated carbocycles. The molecule has 3 heteroatoms. The van der Waals surface area contributed by atoms with E-state index in [4.69, 9.17) is 5.73 Å². The Hall–Kier alpha value is -1.90. The summed E-state index contributed by atoms with van der Waals surface area (Å²) in [6, 6.07) is 6.20. The molecule has 0 aliphatic rings. The Morgan fingerprint density at radius 2 is 2.00 bits per heavy atom. The Morgan fingerprint density at radius 3 is 2.92 bits per heavy atom. The van der Waals surface area contributed by atoms with E-state index in [1.54, 1.807) is 0 Å². The van der Waals surface area contributed by atoms with Gasteiger partial charge in [-0.2, -0.15) is 0 Å². The Labute approximate surface area is 74.6 Å². The molecule has 0 bridgehead atoms. The summed E-state index contributed by atoms with van der Waals surface area (Å²) < 4.78 is 0. The van der Waals surface area contributed by atoms with E-state index in [0.717, 1.165) is 22.1 Å². The van der Waals surface area contributed by atoms with E-state index in [1.807, 2.05) is 18.5 Å². The second-order valence-corrected chi connectivity index (χ2v) is 3.21. The Kier molecular flexibility index (Phi) is 1.05. The second-order valence-electron chi connectivity index (χ2n) is 3.21. The first-order chi connectivity index (χ1) is 6.34. The van der Waals surface area contributed by atoms with Crippen molar-refractivity contribution in [2.45, 2.75) is 0 Å². The van der Waals surface area contributed by atoms with Crippen LogP contribution >= 0.6 is 0 Å². The van der Waals surface area contributed by atoms with E-state index in [1.165, 1.54) is 5.39 Å². The molecule has 3 rings (SSSR count). The largest absolute Gasteiger partial charge is 0.397 e. The number of rotatable bonds is 0. The van der Waals surface area contributed by atoms with Gasteiger partial charge in [0.1, 0.15) is 0 Å². The van der Waals surface area contributed by atoms with Gasteiger partial charge in [0, 0.05) is 34.2 Å². The SMILES string of the molecule is Nc1c[nH]c2cc3[nH]ccc3cc12. The van der Waals surface area contributed by atoms with Crippen LogP contribution in [0.15, 0.2) is 30.6 Å². The van der Waals surface area contributed by atoms with Gasteiger partial charge in [0.25, 0.3) is 0 Å². The molecule has 4 N–H and O–H groups in total. The number of nitrogen functional groups attached to an aromatic ring is 1. The maximum Gasteiger partial charge on any atom is 0.0572 e. The lowest BCUT2D eigenvalue weighted by Crippen LogP contribution is -1.79. The summed E-state index contributed by atoms with van der Waals surface area (Å²) in [5.74, 6) is 0. The van der Waals surface area contributed by atoms with Crippen molar-refractivity contribution in [1.29, 1.82) is 0 Å². The molecule has 2 aromatic heterocycles. The molecule has 0 aliphatic carbocycles. The van der Waals surface area contributed by atoms with Gasteiger partial charge in [-0.1, -0.05) is 0 Å². The topological polar surface area (TPSA) is 57.6 Å². The van der Waals surface area contributed by atoms with Crippen molar-refractivity contribution >= 4 is 27.5 Å². The number of H-pyrrole nitrogens is 2. The van der Waals surface area contributed by atoms with Gasteiger partial charge in [0.2, 0.25) is 0 Å². The van der Waals surface area contributed by atoms with Crippen LogP contribution in [0.5, 0.6) is 0 Å². The van der Waals surface area contributed by atoms with E-state index in [2.05, 4.69) is 22.1 Å². The van der Waals surface area contributed by atoms with Gasteiger partial charge in [0.15, 0.2) is 0 Å². The minimum atomic E-state index is 0.804. The number of fused-ring (bicyclic) bond motifs is 2. The third-order valence-corrected chi connectivity index (χ3v) is 2.39. The van der Waals surface area contributed by atoms with Crippen molar-refractivity contribution in [2.24, 2.45) is 0 Å². The number of hydrogen-bond acceptors (Lipinski definition) is 1. The fourth-order valence-electron chi connectivity index (χ4n) is 1.69. The van der Waals surface area contributed by atoms with E-state index in [9.17, 15) is 0 Å². The molecule has 0 atom stereocenters.